The van der Waals surface area contributed by atoms with E-state index in [9.17, 15) is 0 Å². The van der Waals surface area contributed by atoms with Crippen LogP contribution in [0.5, 0.6) is 0 Å². The fourth-order valence-electron chi connectivity index (χ4n) is 6.33. The van der Waals surface area contributed by atoms with Gasteiger partial charge in [-0.2, -0.15) is 11.1 Å². The summed E-state index contributed by atoms with van der Waals surface area (Å²) in [6.07, 6.45) is 4.11. The van der Waals surface area contributed by atoms with E-state index in [1.54, 1.807) is 5.19 Å². The van der Waals surface area contributed by atoms with Gasteiger partial charge in [0.05, 0.1) is 8.07 Å². The van der Waals surface area contributed by atoms with Crippen molar-refractivity contribution in [3.8, 4) is 0 Å². The van der Waals surface area contributed by atoms with Crippen LogP contribution in [-0.4, -0.2) is 16.1 Å². The van der Waals surface area contributed by atoms with E-state index in [1.165, 1.54) is 54.5 Å². The van der Waals surface area contributed by atoms with E-state index in [0.717, 1.165) is 0 Å². The Balaban J connectivity index is 0.00000380. The number of allylic oxidation sites excluding steroid dienone is 4. The van der Waals surface area contributed by atoms with Gasteiger partial charge in [0.1, 0.15) is 8.07 Å². The van der Waals surface area contributed by atoms with E-state index in [0.29, 0.717) is 0 Å². The summed E-state index contributed by atoms with van der Waals surface area (Å²) in [5, 5.41) is 5.84. The molecule has 0 heterocycles. The Hall–Kier alpha value is -1.71. The molecule has 0 saturated heterocycles. The Morgan fingerprint density at radius 2 is 1.10 bits per heavy atom. The molecule has 2 atom stereocenters. The molecule has 0 fully saturated rings. The van der Waals surface area contributed by atoms with Gasteiger partial charge < -0.3 is 22.3 Å². The summed E-state index contributed by atoms with van der Waals surface area (Å²) >= 11 is 0. The third kappa shape index (κ3) is 6.07. The third-order valence-electron chi connectivity index (χ3n) is 9.01. The minimum Gasteiger partial charge on any atom is -0.358 e. The summed E-state index contributed by atoms with van der Waals surface area (Å²) in [7, 11) is -4.19. The van der Waals surface area contributed by atoms with Crippen LogP contribution >= 0.6 is 0 Å². The average Bonchev–Trinajstić information content (AvgIpc) is 3.00. The predicted octanol–water partition coefficient (Wildman–Crippen LogP) is 8.14. The SMILES string of the molecule is CC1=[C-]C(C)([Si](c2ccccc2)(c2cc(C)cc([Si](C)(C)C)c2)c2cc(C)c(C)c(C)c2)C(C)=C1C.[CH3-].[CH3-].[CH3-].[Ti+4]. The molecule has 3 aromatic rings. The largest absolute Gasteiger partial charge is 4.00 e. The first-order valence-corrected chi connectivity index (χ1v) is 18.8. The average molecular weight is 601 g/mol. The van der Waals surface area contributed by atoms with Crippen molar-refractivity contribution in [3.63, 3.8) is 0 Å². The first kappa shape index (κ1) is 38.3. The topological polar surface area (TPSA) is 0 Å². The number of hydrogen-bond donors (Lipinski definition) is 0. The van der Waals surface area contributed by atoms with Gasteiger partial charge >= 0.3 is 21.7 Å². The zero-order valence-electron chi connectivity index (χ0n) is 27.8. The summed E-state index contributed by atoms with van der Waals surface area (Å²) in [4.78, 5) is 0. The Labute approximate surface area is 265 Å². The number of aryl methyl sites for hydroxylation is 3. The van der Waals surface area contributed by atoms with Crippen molar-refractivity contribution in [2.75, 3.05) is 0 Å². The summed E-state index contributed by atoms with van der Waals surface area (Å²) in [5.41, 5.74) is 9.73. The molecule has 1 aliphatic rings. The molecule has 3 heteroatoms. The fourth-order valence-corrected chi connectivity index (χ4v) is 14.0. The van der Waals surface area contributed by atoms with E-state index in [1.807, 2.05) is 0 Å². The van der Waals surface area contributed by atoms with Gasteiger partial charge in [0.15, 0.2) is 0 Å². The first-order chi connectivity index (χ1) is 16.7. The monoisotopic (exact) mass is 600 g/mol. The standard InChI is InChI=1S/C34H43Si2.3CH3.Ti/c1-23-17-31(35(9,10)11)21-32(18-23)36(30-15-13-12-14-16-30,33-19-24(2)27(5)25(3)20-33)34(8)22-26(4)28(6)29(34)7;;;;/h12-21H,1-11H3;3*1H3;/q4*-1;+4. The van der Waals surface area contributed by atoms with Crippen LogP contribution < -0.4 is 20.7 Å². The van der Waals surface area contributed by atoms with Gasteiger partial charge in [-0.05, 0) is 59.9 Å². The molecule has 2 unspecified atom stereocenters. The zero-order valence-corrected chi connectivity index (χ0v) is 31.3. The van der Waals surface area contributed by atoms with Crippen molar-refractivity contribution in [2.24, 2.45) is 0 Å². The molecule has 0 radical (unpaired) electrons. The minimum absolute atomic E-state index is 0. The van der Waals surface area contributed by atoms with Crippen LogP contribution in [0, 0.1) is 56.1 Å². The summed E-state index contributed by atoms with van der Waals surface area (Å²) in [6, 6.07) is 24.0. The van der Waals surface area contributed by atoms with Crippen molar-refractivity contribution in [3.05, 3.63) is 128 Å². The van der Waals surface area contributed by atoms with Crippen LogP contribution in [0.15, 0.2) is 77.4 Å². The minimum atomic E-state index is -2.66. The van der Waals surface area contributed by atoms with Crippen LogP contribution in [0.25, 0.3) is 0 Å². The maximum atomic E-state index is 4.11. The van der Waals surface area contributed by atoms with Crippen molar-refractivity contribution < 1.29 is 21.7 Å². The molecule has 0 spiro atoms. The van der Waals surface area contributed by atoms with Crippen molar-refractivity contribution in [2.45, 2.75) is 80.1 Å². The predicted molar refractivity (Wildman–Crippen MR) is 184 cm³/mol. The quantitative estimate of drug-likeness (QED) is 0.158. The second kappa shape index (κ2) is 13.5. The fraction of sp³-hybridized carbons (Fsp3) is 0.324. The van der Waals surface area contributed by atoms with Gasteiger partial charge in [-0.15, -0.1) is 6.92 Å². The molecule has 0 amide bonds. The smallest absolute Gasteiger partial charge is 0.358 e. The zero-order chi connectivity index (χ0) is 26.6. The normalized spacial score (nSPS) is 17.9. The Kier molecular flexibility index (Phi) is 12.9. The molecule has 3 aromatic carbocycles. The molecule has 0 bridgehead atoms. The number of rotatable bonds is 5. The summed E-state index contributed by atoms with van der Waals surface area (Å²) < 4.78 is 0. The van der Waals surface area contributed by atoms with Gasteiger partial charge in [0.2, 0.25) is 0 Å². The Morgan fingerprint density at radius 1 is 0.625 bits per heavy atom. The first-order valence-electron chi connectivity index (χ1n) is 13.3. The van der Waals surface area contributed by atoms with Crippen LogP contribution in [-0.2, 0) is 21.7 Å². The molecular formula is C37H52Si2Ti. The molecule has 40 heavy (non-hydrogen) atoms. The molecule has 0 saturated carbocycles. The summed E-state index contributed by atoms with van der Waals surface area (Å²) in [5.74, 6) is 0. The van der Waals surface area contributed by atoms with Gasteiger partial charge in [0, 0.05) is 0 Å². The van der Waals surface area contributed by atoms with Gasteiger partial charge in [-0.1, -0.05) is 117 Å². The van der Waals surface area contributed by atoms with E-state index >= 15 is 0 Å². The van der Waals surface area contributed by atoms with Gasteiger partial charge in [-0.3, -0.25) is 6.08 Å². The van der Waals surface area contributed by atoms with E-state index < -0.39 is 16.1 Å². The van der Waals surface area contributed by atoms with Crippen molar-refractivity contribution in [1.29, 1.82) is 0 Å². The van der Waals surface area contributed by atoms with Crippen molar-refractivity contribution in [1.82, 2.24) is 0 Å². The van der Waals surface area contributed by atoms with Gasteiger partial charge in [0.25, 0.3) is 0 Å². The molecule has 0 nitrogen and oxygen atoms in total. The van der Waals surface area contributed by atoms with Gasteiger partial charge in [-0.25, -0.2) is 5.57 Å². The molecule has 4 rings (SSSR count). The Bertz CT molecular complexity index is 1370. The molecule has 0 N–H and O–H groups in total. The summed E-state index contributed by atoms with van der Waals surface area (Å²) in [6.45, 7) is 25.9. The Morgan fingerprint density at radius 3 is 1.55 bits per heavy atom. The van der Waals surface area contributed by atoms with Crippen LogP contribution in [0.1, 0.15) is 49.9 Å². The second-order valence-corrected chi connectivity index (χ2v) is 21.6. The van der Waals surface area contributed by atoms with E-state index in [2.05, 4.69) is 142 Å². The van der Waals surface area contributed by atoms with E-state index in [-0.39, 0.29) is 49.0 Å². The molecule has 0 aromatic heterocycles. The van der Waals surface area contributed by atoms with Crippen molar-refractivity contribution >= 4 is 36.9 Å². The molecule has 212 valence electrons. The molecule has 1 aliphatic carbocycles. The van der Waals surface area contributed by atoms with Crippen LogP contribution in [0.4, 0.5) is 0 Å². The maximum Gasteiger partial charge on any atom is 4.00 e. The molecular weight excluding hydrogens is 548 g/mol. The number of hydrogen-bond acceptors (Lipinski definition) is 0. The van der Waals surface area contributed by atoms with Crippen LogP contribution in [0.2, 0.25) is 24.7 Å². The molecule has 0 aliphatic heterocycles. The van der Waals surface area contributed by atoms with Crippen LogP contribution in [0.3, 0.4) is 0 Å². The maximum absolute atomic E-state index is 4.11. The second-order valence-electron chi connectivity index (χ2n) is 12.3. The number of benzene rings is 3. The third-order valence-corrected chi connectivity index (χ3v) is 16.5. The van der Waals surface area contributed by atoms with E-state index in [4.69, 9.17) is 0 Å².